The van der Waals surface area contributed by atoms with E-state index in [1.54, 1.807) is 44.2 Å². The van der Waals surface area contributed by atoms with Crippen LogP contribution < -0.4 is 9.47 Å². The Morgan fingerprint density at radius 3 is 2.11 bits per heavy atom. The molecule has 0 spiro atoms. The van der Waals surface area contributed by atoms with Crippen molar-refractivity contribution in [2.45, 2.75) is 51.6 Å². The van der Waals surface area contributed by atoms with Crippen molar-refractivity contribution in [1.82, 2.24) is 0 Å². The molecule has 4 rings (SSSR count). The first-order valence-corrected chi connectivity index (χ1v) is 12.3. The van der Waals surface area contributed by atoms with E-state index < -0.39 is 47.0 Å². The van der Waals surface area contributed by atoms with Gasteiger partial charge in [-0.3, -0.25) is 4.79 Å². The van der Waals surface area contributed by atoms with Crippen molar-refractivity contribution in [2.24, 2.45) is 5.92 Å². The summed E-state index contributed by atoms with van der Waals surface area (Å²) in [5.74, 6) is -6.72. The summed E-state index contributed by atoms with van der Waals surface area (Å²) in [5.41, 5.74) is 1.54. The Morgan fingerprint density at radius 1 is 0.865 bits per heavy atom. The minimum Gasteiger partial charge on any atom is -0.491 e. The molecule has 1 atom stereocenters. The van der Waals surface area contributed by atoms with Crippen LogP contribution in [0.3, 0.4) is 0 Å². The van der Waals surface area contributed by atoms with Crippen molar-refractivity contribution in [3.05, 3.63) is 82.9 Å². The van der Waals surface area contributed by atoms with Crippen LogP contribution in [-0.4, -0.2) is 17.7 Å². The smallest absolute Gasteiger partial charge is 0.314 e. The second-order valence-corrected chi connectivity index (χ2v) is 9.22. The molecular weight excluding hydrogens is 488 g/mol. The lowest BCUT2D eigenvalue weighted by atomic mass is 9.78. The summed E-state index contributed by atoms with van der Waals surface area (Å²) < 4.78 is 68.5. The van der Waals surface area contributed by atoms with Crippen LogP contribution in [0, 0.1) is 29.2 Å². The van der Waals surface area contributed by atoms with E-state index in [4.69, 9.17) is 9.47 Å². The zero-order chi connectivity index (χ0) is 26.7. The summed E-state index contributed by atoms with van der Waals surface area (Å²) in [6.07, 6.45) is 0.853. The van der Waals surface area contributed by atoms with Crippen molar-refractivity contribution in [2.75, 3.05) is 6.61 Å². The van der Waals surface area contributed by atoms with Gasteiger partial charge in [-0.05, 0) is 74.3 Å². The molecule has 1 fully saturated rings. The van der Waals surface area contributed by atoms with Crippen molar-refractivity contribution in [1.29, 1.82) is 0 Å². The van der Waals surface area contributed by atoms with Gasteiger partial charge in [-0.2, -0.15) is 8.78 Å². The number of rotatable bonds is 7. The van der Waals surface area contributed by atoms with Gasteiger partial charge in [0.1, 0.15) is 0 Å². The number of hydrogen-bond donors (Lipinski definition) is 1. The number of carbonyl (C=O) groups is 1. The molecule has 1 N–H and O–H groups in total. The highest BCUT2D eigenvalue weighted by Gasteiger charge is 2.31. The average Bonchev–Trinajstić information content (AvgIpc) is 2.90. The largest absolute Gasteiger partial charge is 0.491 e. The Labute approximate surface area is 212 Å². The van der Waals surface area contributed by atoms with Crippen LogP contribution in [0.15, 0.2) is 48.5 Å². The van der Waals surface area contributed by atoms with E-state index in [0.29, 0.717) is 36.8 Å². The molecule has 3 aromatic carbocycles. The summed E-state index contributed by atoms with van der Waals surface area (Å²) in [6, 6.07) is 12.0. The predicted molar refractivity (Wildman–Crippen MR) is 130 cm³/mol. The topological polar surface area (TPSA) is 55.8 Å². The molecule has 3 aromatic rings. The number of benzene rings is 3. The number of esters is 1. The molecule has 0 bridgehead atoms. The Morgan fingerprint density at radius 2 is 1.49 bits per heavy atom. The van der Waals surface area contributed by atoms with Gasteiger partial charge in [-0.1, -0.05) is 36.4 Å². The molecule has 37 heavy (non-hydrogen) atoms. The van der Waals surface area contributed by atoms with Gasteiger partial charge in [0.25, 0.3) is 0 Å². The second kappa shape index (κ2) is 11.3. The molecule has 196 valence electrons. The summed E-state index contributed by atoms with van der Waals surface area (Å²) in [5, 5.41) is 9.64. The number of aliphatic hydroxyl groups is 1. The normalized spacial score (nSPS) is 18.4. The molecule has 8 heteroatoms. The predicted octanol–water partition coefficient (Wildman–Crippen LogP) is 7.24. The molecule has 1 aliphatic rings. The van der Waals surface area contributed by atoms with Crippen LogP contribution in [-0.2, 0) is 4.79 Å². The lowest BCUT2D eigenvalue weighted by molar-refractivity contribution is -0.140. The first-order chi connectivity index (χ1) is 17.7. The van der Waals surface area contributed by atoms with Crippen LogP contribution in [0.4, 0.5) is 17.6 Å². The van der Waals surface area contributed by atoms with E-state index in [9.17, 15) is 23.1 Å². The third kappa shape index (κ3) is 5.64. The lowest BCUT2D eigenvalue weighted by Gasteiger charge is -2.28. The van der Waals surface area contributed by atoms with E-state index in [1.165, 1.54) is 12.1 Å². The highest BCUT2D eigenvalue weighted by atomic mass is 19.2. The molecule has 0 aliphatic heterocycles. The highest BCUT2D eigenvalue weighted by molar-refractivity contribution is 5.75. The van der Waals surface area contributed by atoms with Crippen molar-refractivity contribution in [3.63, 3.8) is 0 Å². The zero-order valence-corrected chi connectivity index (χ0v) is 20.6. The molecule has 1 saturated carbocycles. The van der Waals surface area contributed by atoms with Gasteiger partial charge in [0.05, 0.1) is 18.6 Å². The van der Waals surface area contributed by atoms with Gasteiger partial charge in [-0.15, -0.1) is 0 Å². The van der Waals surface area contributed by atoms with Crippen LogP contribution in [0.5, 0.6) is 11.5 Å². The average molecular weight is 517 g/mol. The number of ether oxygens (including phenoxy) is 2. The van der Waals surface area contributed by atoms with E-state index in [2.05, 4.69) is 0 Å². The maximum Gasteiger partial charge on any atom is 0.314 e. The molecular formula is C29H28F4O4. The summed E-state index contributed by atoms with van der Waals surface area (Å²) in [7, 11) is 0. The summed E-state index contributed by atoms with van der Waals surface area (Å²) in [4.78, 5) is 12.6. The molecule has 0 heterocycles. The second-order valence-electron chi connectivity index (χ2n) is 9.22. The molecule has 1 unspecified atom stereocenters. The fourth-order valence-electron chi connectivity index (χ4n) is 4.74. The monoisotopic (exact) mass is 516 g/mol. The maximum absolute atomic E-state index is 15.1. The van der Waals surface area contributed by atoms with Crippen molar-refractivity contribution >= 4 is 5.97 Å². The maximum atomic E-state index is 15.1. The fourth-order valence-corrected chi connectivity index (χ4v) is 4.74. The van der Waals surface area contributed by atoms with Crippen molar-refractivity contribution < 1.29 is 36.9 Å². The standard InChI is InChI=1S/C29H28F4O4/c1-3-36-23-14-15-24(28(33)27(23)32)37-29(35)20-10-8-19(9-11-20)22-13-12-21(25(30)26(22)31)18-6-4-17(5-7-18)16(2)34/h4-7,12-16,19-20,34H,3,8-11H2,1-2H3. The minimum absolute atomic E-state index is 0.125. The number of carbonyl (C=O) groups excluding carboxylic acids is 1. The van der Waals surface area contributed by atoms with Gasteiger partial charge in [0.2, 0.25) is 11.6 Å². The number of halogens is 4. The molecule has 4 nitrogen and oxygen atoms in total. The fraction of sp³-hybridized carbons (Fsp3) is 0.345. The van der Waals surface area contributed by atoms with E-state index in [-0.39, 0.29) is 29.4 Å². The first-order valence-electron chi connectivity index (χ1n) is 12.3. The van der Waals surface area contributed by atoms with Crippen LogP contribution >= 0.6 is 0 Å². The SMILES string of the molecule is CCOc1ccc(OC(=O)C2CCC(c3ccc(-c4ccc(C(C)O)cc4)c(F)c3F)CC2)c(F)c1F. The number of hydrogen-bond acceptors (Lipinski definition) is 4. The number of aliphatic hydroxyl groups excluding tert-OH is 1. The molecule has 0 amide bonds. The van der Waals surface area contributed by atoms with Gasteiger partial charge in [-0.25, -0.2) is 8.78 Å². The molecule has 0 radical (unpaired) electrons. The van der Waals surface area contributed by atoms with Crippen molar-refractivity contribution in [3.8, 4) is 22.6 Å². The Kier molecular flexibility index (Phi) is 8.17. The van der Waals surface area contributed by atoms with Crippen LogP contribution in [0.2, 0.25) is 0 Å². The van der Waals surface area contributed by atoms with Gasteiger partial charge < -0.3 is 14.6 Å². The highest BCUT2D eigenvalue weighted by Crippen LogP contribution is 2.40. The zero-order valence-electron chi connectivity index (χ0n) is 20.6. The summed E-state index contributed by atoms with van der Waals surface area (Å²) in [6.45, 7) is 3.41. The van der Waals surface area contributed by atoms with Crippen LogP contribution in [0.25, 0.3) is 11.1 Å². The lowest BCUT2D eigenvalue weighted by Crippen LogP contribution is -2.26. The van der Waals surface area contributed by atoms with E-state index in [0.717, 1.165) is 6.07 Å². The Hall–Kier alpha value is -3.39. The molecule has 0 aromatic heterocycles. The Bertz CT molecular complexity index is 1270. The van der Waals surface area contributed by atoms with Gasteiger partial charge in [0.15, 0.2) is 23.1 Å². The third-order valence-corrected chi connectivity index (χ3v) is 6.84. The van der Waals surface area contributed by atoms with E-state index in [1.807, 2.05) is 0 Å². The summed E-state index contributed by atoms with van der Waals surface area (Å²) >= 11 is 0. The quantitative estimate of drug-likeness (QED) is 0.204. The van der Waals surface area contributed by atoms with Crippen LogP contribution in [0.1, 0.15) is 62.7 Å². The molecule has 0 saturated heterocycles. The third-order valence-electron chi connectivity index (χ3n) is 6.84. The van der Waals surface area contributed by atoms with E-state index >= 15 is 4.39 Å². The Balaban J connectivity index is 1.41. The minimum atomic E-state index is -1.30. The van der Waals surface area contributed by atoms with Gasteiger partial charge >= 0.3 is 5.97 Å². The van der Waals surface area contributed by atoms with Gasteiger partial charge in [0, 0.05) is 5.56 Å². The first kappa shape index (κ1) is 26.7. The molecule has 1 aliphatic carbocycles.